The summed E-state index contributed by atoms with van der Waals surface area (Å²) in [5.41, 5.74) is 0. The van der Waals surface area contributed by atoms with Gasteiger partial charge in [0.25, 0.3) is 0 Å². The van der Waals surface area contributed by atoms with Gasteiger partial charge in [-0.15, -0.1) is 0 Å². The normalized spacial score (nSPS) is 53.5. The smallest absolute Gasteiger partial charge is 0.187 e. The van der Waals surface area contributed by atoms with E-state index >= 15 is 0 Å². The van der Waals surface area contributed by atoms with Crippen molar-refractivity contribution in [2.24, 2.45) is 0 Å². The molecule has 30 unspecified atom stereocenters. The minimum atomic E-state index is -2.14. The summed E-state index contributed by atoms with van der Waals surface area (Å²) >= 11 is 0. The fraction of sp³-hybridized carbons (Fsp3) is 1.00. The quantitative estimate of drug-likeness (QED) is 0.0954. The lowest BCUT2D eigenvalue weighted by molar-refractivity contribution is -0.403. The van der Waals surface area contributed by atoms with Crippen LogP contribution in [0.4, 0.5) is 0 Å². The molecule has 0 spiro atoms. The molecule has 22 aliphatic rings. The molecule has 18 N–H and O–H groups in total. The van der Waals surface area contributed by atoms with Crippen molar-refractivity contribution in [1.82, 2.24) is 5.32 Å². The SMILES string of the molecule is CCCNCC1OC2OC3C(CO)OC(OC4C(CO)OC(OC5C(CO)OC(OC6C(CO)OC(OC7C(CO)OC(OC1C(O)C2O)C(O)C7O)C(O)C6O)C(O)C5O)C(O)C4O)C(O)C3O. The van der Waals surface area contributed by atoms with Gasteiger partial charge in [0, 0.05) is 6.54 Å². The van der Waals surface area contributed by atoms with Crippen LogP contribution in [-0.2, 0) is 56.8 Å². The largest absolute Gasteiger partial charge is 0.394 e. The first-order chi connectivity index (χ1) is 32.9. The molecule has 0 amide bonds. The number of aliphatic hydroxyl groups is 17. The van der Waals surface area contributed by atoms with E-state index in [0.717, 1.165) is 0 Å². The van der Waals surface area contributed by atoms with Crippen molar-refractivity contribution in [3.8, 4) is 0 Å². The highest BCUT2D eigenvalue weighted by Crippen LogP contribution is 2.38. The Hall–Kier alpha value is -1.20. The standard InChI is InChI=1S/C39H67NO29/c1-2-3-40-4-10-28-16(46)22(52)34(58-10)65-29-11(5-41)60-36(24(54)18(29)48)67-31-13(7-43)62-38(26(56)20(31)50)69-33-15(9-45)63-39(27(57)21(33)51)68-32-14(8-44)61-37(25(55)19(32)49)66-30-12(6-42)59-35(64-28)23(53)17(30)47/h10-57H,2-9H2,1H3. The van der Waals surface area contributed by atoms with E-state index in [9.17, 15) is 86.8 Å². The zero-order valence-electron chi connectivity index (χ0n) is 37.0. The minimum Gasteiger partial charge on any atom is -0.394 e. The molecular formula is C39H67NO29. The molecule has 402 valence electrons. The van der Waals surface area contributed by atoms with E-state index in [4.69, 9.17) is 56.8 Å². The van der Waals surface area contributed by atoms with Crippen molar-refractivity contribution in [2.75, 3.05) is 46.1 Å². The van der Waals surface area contributed by atoms with Crippen LogP contribution in [0.5, 0.6) is 0 Å². The third-order valence-corrected chi connectivity index (χ3v) is 13.3. The predicted octanol–water partition coefficient (Wildman–Crippen LogP) is -12.0. The summed E-state index contributed by atoms with van der Waals surface area (Å²) in [5, 5.41) is 190. The number of ether oxygens (including phenoxy) is 12. The summed E-state index contributed by atoms with van der Waals surface area (Å²) in [4.78, 5) is 0. The summed E-state index contributed by atoms with van der Waals surface area (Å²) in [7, 11) is 0. The Morgan fingerprint density at radius 1 is 0.275 bits per heavy atom. The molecule has 22 heterocycles. The highest BCUT2D eigenvalue weighted by molar-refractivity contribution is 5.01. The van der Waals surface area contributed by atoms with Crippen molar-refractivity contribution in [3.05, 3.63) is 0 Å². The van der Waals surface area contributed by atoms with Gasteiger partial charge in [0.15, 0.2) is 37.7 Å². The van der Waals surface area contributed by atoms with E-state index in [0.29, 0.717) is 13.0 Å². The second kappa shape index (κ2) is 24.0. The molecule has 30 nitrogen and oxygen atoms in total. The maximum Gasteiger partial charge on any atom is 0.187 e. The summed E-state index contributed by atoms with van der Waals surface area (Å²) in [6.07, 6.45) is -56.3. The van der Waals surface area contributed by atoms with Crippen LogP contribution in [0.1, 0.15) is 13.3 Å². The zero-order valence-corrected chi connectivity index (χ0v) is 37.0. The maximum atomic E-state index is 11.5. The minimum absolute atomic E-state index is 0.144. The molecule has 0 aromatic heterocycles. The van der Waals surface area contributed by atoms with Crippen LogP contribution in [0.15, 0.2) is 0 Å². The van der Waals surface area contributed by atoms with Crippen molar-refractivity contribution < 1.29 is 144 Å². The highest BCUT2D eigenvalue weighted by Gasteiger charge is 2.58. The van der Waals surface area contributed by atoms with E-state index in [1.807, 2.05) is 6.92 Å². The van der Waals surface area contributed by atoms with E-state index < -0.39 is 217 Å². The third-order valence-electron chi connectivity index (χ3n) is 13.3. The van der Waals surface area contributed by atoms with Gasteiger partial charge in [-0.1, -0.05) is 6.92 Å². The molecule has 22 rings (SSSR count). The Labute approximate surface area is 392 Å². The Kier molecular flexibility index (Phi) is 19.3. The van der Waals surface area contributed by atoms with Crippen LogP contribution in [0.3, 0.4) is 0 Å². The molecule has 22 fully saturated rings. The highest BCUT2D eigenvalue weighted by atomic mass is 16.8. The Morgan fingerprint density at radius 2 is 0.464 bits per heavy atom. The monoisotopic (exact) mass is 1010 g/mol. The predicted molar refractivity (Wildman–Crippen MR) is 212 cm³/mol. The molecule has 0 aromatic carbocycles. The van der Waals surface area contributed by atoms with Crippen LogP contribution in [0.25, 0.3) is 0 Å². The van der Waals surface area contributed by atoms with Crippen molar-refractivity contribution in [3.63, 3.8) is 0 Å². The first-order valence-electron chi connectivity index (χ1n) is 22.7. The summed E-state index contributed by atoms with van der Waals surface area (Å²) in [6, 6.07) is 0. The Bertz CT molecular complexity index is 1570. The lowest BCUT2D eigenvalue weighted by atomic mass is 9.94. The Balaban J connectivity index is 1.20. The van der Waals surface area contributed by atoms with E-state index in [1.165, 1.54) is 0 Å². The van der Waals surface area contributed by atoms with Gasteiger partial charge < -0.3 is 149 Å². The van der Waals surface area contributed by atoms with E-state index in [1.54, 1.807) is 0 Å². The molecule has 0 saturated carbocycles. The van der Waals surface area contributed by atoms with Crippen molar-refractivity contribution in [1.29, 1.82) is 0 Å². The molecular weight excluding hydrogens is 946 g/mol. The second-order valence-electron chi connectivity index (χ2n) is 17.9. The number of aliphatic hydroxyl groups excluding tert-OH is 17. The number of rotatable bonds is 9. The lowest BCUT2D eigenvalue weighted by Gasteiger charge is -2.50. The number of hydrogen-bond acceptors (Lipinski definition) is 30. The van der Waals surface area contributed by atoms with Gasteiger partial charge in [-0.2, -0.15) is 0 Å². The van der Waals surface area contributed by atoms with Crippen LogP contribution in [0.2, 0.25) is 0 Å². The summed E-state index contributed by atoms with van der Waals surface area (Å²) in [6.45, 7) is -2.79. The fourth-order valence-electron chi connectivity index (χ4n) is 9.37. The van der Waals surface area contributed by atoms with Crippen molar-refractivity contribution in [2.45, 2.75) is 198 Å². The average molecular weight is 1010 g/mol. The first kappa shape index (κ1) is 55.5. The van der Waals surface area contributed by atoms with Gasteiger partial charge in [0.05, 0.1) is 33.0 Å². The molecule has 0 aromatic rings. The van der Waals surface area contributed by atoms with E-state index in [2.05, 4.69) is 5.32 Å². The molecule has 30 atom stereocenters. The topological polar surface area (TPSA) is 467 Å². The van der Waals surface area contributed by atoms with Crippen LogP contribution in [-0.4, -0.2) is 317 Å². The molecule has 0 aliphatic carbocycles. The molecule has 22 saturated heterocycles. The maximum absolute atomic E-state index is 11.5. The number of nitrogens with one attached hydrogen (secondary N) is 1. The van der Waals surface area contributed by atoms with Gasteiger partial charge in [0.2, 0.25) is 0 Å². The second-order valence-corrected chi connectivity index (χ2v) is 17.9. The van der Waals surface area contributed by atoms with Crippen LogP contribution in [0, 0.1) is 0 Å². The first-order valence-corrected chi connectivity index (χ1v) is 22.7. The van der Waals surface area contributed by atoms with Crippen LogP contribution >= 0.6 is 0 Å². The van der Waals surface area contributed by atoms with Gasteiger partial charge in [0.1, 0.15) is 146 Å². The van der Waals surface area contributed by atoms with Crippen molar-refractivity contribution >= 4 is 0 Å². The van der Waals surface area contributed by atoms with Gasteiger partial charge in [-0.25, -0.2) is 0 Å². The van der Waals surface area contributed by atoms with Gasteiger partial charge in [-0.3, -0.25) is 0 Å². The fourth-order valence-corrected chi connectivity index (χ4v) is 9.37. The summed E-state index contributed by atoms with van der Waals surface area (Å²) in [5.74, 6) is 0. The lowest BCUT2D eigenvalue weighted by Crippen LogP contribution is -2.69. The number of hydrogen-bond donors (Lipinski definition) is 18. The summed E-state index contributed by atoms with van der Waals surface area (Å²) < 4.78 is 69.2. The van der Waals surface area contributed by atoms with Crippen LogP contribution < -0.4 is 5.32 Å². The molecule has 69 heavy (non-hydrogen) atoms. The Morgan fingerprint density at radius 3 is 0.652 bits per heavy atom. The van der Waals surface area contributed by atoms with Gasteiger partial charge in [-0.05, 0) is 13.0 Å². The molecule has 12 bridgehead atoms. The average Bonchev–Trinajstić information content (AvgIpc) is 3.34. The van der Waals surface area contributed by atoms with E-state index in [-0.39, 0.29) is 6.54 Å². The zero-order chi connectivity index (χ0) is 50.2. The molecule has 0 radical (unpaired) electrons. The molecule has 22 aliphatic heterocycles. The third kappa shape index (κ3) is 11.3. The van der Waals surface area contributed by atoms with Gasteiger partial charge >= 0.3 is 0 Å². The molecule has 30 heteroatoms.